The van der Waals surface area contributed by atoms with Gasteiger partial charge < -0.3 is 16.3 Å². The van der Waals surface area contributed by atoms with Crippen molar-refractivity contribution in [2.24, 2.45) is 11.5 Å². The van der Waals surface area contributed by atoms with E-state index in [2.05, 4.69) is 21.8 Å². The van der Waals surface area contributed by atoms with Gasteiger partial charge in [-0.15, -0.1) is 0 Å². The molecule has 66 valence electrons. The molecule has 0 aromatic rings. The zero-order valence-electron chi connectivity index (χ0n) is 6.19. The number of hydrogen-bond donors (Lipinski definition) is 3. The fourth-order valence-electron chi connectivity index (χ4n) is 0.382. The van der Waals surface area contributed by atoms with Gasteiger partial charge in [-0.3, -0.25) is 4.79 Å². The number of aldehydes is 1. The van der Waals surface area contributed by atoms with Gasteiger partial charge in [0.05, 0.1) is 0 Å². The second-order valence-corrected chi connectivity index (χ2v) is 1.69. The Morgan fingerprint density at radius 3 is 2.42 bits per heavy atom. The summed E-state index contributed by atoms with van der Waals surface area (Å²) in [5.41, 5.74) is 11.3. The normalized spacial score (nSPS) is 12.5. The first-order valence-corrected chi connectivity index (χ1v) is 2.95. The molecule has 1 aliphatic rings. The van der Waals surface area contributed by atoms with Crippen LogP contribution in [-0.4, -0.2) is 12.3 Å². The van der Waals surface area contributed by atoms with Crippen LogP contribution < -0.4 is 16.9 Å². The van der Waals surface area contributed by atoms with Crippen LogP contribution in [0.5, 0.6) is 0 Å². The SMILES string of the molecule is NC(N)=O.O=CC1=CC=CON1. The number of allylic oxidation sites excluding steroid dienone is 3. The van der Waals surface area contributed by atoms with E-state index in [1.54, 1.807) is 12.2 Å². The van der Waals surface area contributed by atoms with E-state index in [0.717, 1.165) is 0 Å². The summed E-state index contributed by atoms with van der Waals surface area (Å²) in [6.07, 6.45) is 5.40. The fourth-order valence-corrected chi connectivity index (χ4v) is 0.382. The minimum Gasteiger partial charge on any atom is -0.390 e. The zero-order chi connectivity index (χ0) is 9.40. The third-order valence-corrected chi connectivity index (χ3v) is 0.726. The zero-order valence-corrected chi connectivity index (χ0v) is 6.19. The van der Waals surface area contributed by atoms with E-state index in [9.17, 15) is 4.79 Å². The molecule has 12 heavy (non-hydrogen) atoms. The monoisotopic (exact) mass is 171 g/mol. The quantitative estimate of drug-likeness (QED) is 0.446. The topological polar surface area (TPSA) is 107 Å². The number of nitrogens with two attached hydrogens (primary N) is 2. The lowest BCUT2D eigenvalue weighted by molar-refractivity contribution is -0.106. The van der Waals surface area contributed by atoms with E-state index in [1.165, 1.54) is 6.26 Å². The van der Waals surface area contributed by atoms with Crippen LogP contribution in [0.2, 0.25) is 0 Å². The van der Waals surface area contributed by atoms with Gasteiger partial charge in [0.15, 0.2) is 6.29 Å². The van der Waals surface area contributed by atoms with Gasteiger partial charge in [0.25, 0.3) is 0 Å². The van der Waals surface area contributed by atoms with E-state index < -0.39 is 6.03 Å². The van der Waals surface area contributed by atoms with Crippen LogP contribution in [0.25, 0.3) is 0 Å². The standard InChI is InChI=1S/C5H5NO2.CH4N2O/c7-4-5-2-1-3-8-6-5;2-1(3)4/h1-4,6H;(H4,2,3,4). The maximum atomic E-state index is 9.92. The van der Waals surface area contributed by atoms with Crippen molar-refractivity contribution in [2.75, 3.05) is 0 Å². The first kappa shape index (κ1) is 10.0. The van der Waals surface area contributed by atoms with Gasteiger partial charge >= 0.3 is 6.03 Å². The molecule has 1 heterocycles. The Morgan fingerprint density at radius 2 is 2.17 bits per heavy atom. The summed E-state index contributed by atoms with van der Waals surface area (Å²) in [6.45, 7) is 0. The first-order chi connectivity index (χ1) is 5.66. The molecule has 0 atom stereocenters. The highest BCUT2D eigenvalue weighted by Crippen LogP contribution is 1.91. The van der Waals surface area contributed by atoms with E-state index in [-0.39, 0.29) is 0 Å². The van der Waals surface area contributed by atoms with Crippen molar-refractivity contribution in [3.63, 3.8) is 0 Å². The lowest BCUT2D eigenvalue weighted by Gasteiger charge is -2.04. The van der Waals surface area contributed by atoms with Crippen molar-refractivity contribution >= 4 is 12.3 Å². The number of hydrogen-bond acceptors (Lipinski definition) is 4. The molecule has 0 aromatic carbocycles. The third-order valence-electron chi connectivity index (χ3n) is 0.726. The summed E-state index contributed by atoms with van der Waals surface area (Å²) in [5.74, 6) is 0. The molecule has 0 fully saturated rings. The summed E-state index contributed by atoms with van der Waals surface area (Å²) in [4.78, 5) is 23.5. The molecule has 0 aromatic heterocycles. The van der Waals surface area contributed by atoms with Crippen molar-refractivity contribution in [2.45, 2.75) is 0 Å². The average molecular weight is 171 g/mol. The largest absolute Gasteiger partial charge is 0.390 e. The molecular weight excluding hydrogens is 162 g/mol. The number of urea groups is 1. The van der Waals surface area contributed by atoms with Gasteiger partial charge in [-0.05, 0) is 12.2 Å². The Morgan fingerprint density at radius 1 is 1.58 bits per heavy atom. The van der Waals surface area contributed by atoms with Crippen molar-refractivity contribution in [3.8, 4) is 0 Å². The maximum Gasteiger partial charge on any atom is 0.309 e. The summed E-state index contributed by atoms with van der Waals surface area (Å²) in [5, 5.41) is 0. The van der Waals surface area contributed by atoms with Crippen molar-refractivity contribution in [1.29, 1.82) is 0 Å². The van der Waals surface area contributed by atoms with Crippen molar-refractivity contribution in [1.82, 2.24) is 5.48 Å². The van der Waals surface area contributed by atoms with Crippen LogP contribution in [0.1, 0.15) is 0 Å². The molecule has 6 nitrogen and oxygen atoms in total. The molecule has 0 radical (unpaired) electrons. The van der Waals surface area contributed by atoms with Gasteiger partial charge in [-0.25, -0.2) is 10.3 Å². The highest BCUT2D eigenvalue weighted by molar-refractivity contribution is 5.72. The summed E-state index contributed by atoms with van der Waals surface area (Å²) < 4.78 is 0. The predicted molar refractivity (Wildman–Crippen MR) is 41.3 cm³/mol. The third kappa shape index (κ3) is 6.14. The molecule has 1 rings (SSSR count). The van der Waals surface area contributed by atoms with Gasteiger partial charge in [0.2, 0.25) is 0 Å². The molecule has 2 amide bonds. The average Bonchev–Trinajstić information content (AvgIpc) is 2.05. The number of rotatable bonds is 1. The molecule has 0 spiro atoms. The van der Waals surface area contributed by atoms with Crippen molar-refractivity contribution < 1.29 is 14.4 Å². The Balaban J connectivity index is 0.000000261. The Kier molecular flexibility index (Phi) is 4.83. The Bertz CT molecular complexity index is 218. The number of amides is 2. The van der Waals surface area contributed by atoms with Gasteiger partial charge in [-0.1, -0.05) is 0 Å². The van der Waals surface area contributed by atoms with E-state index >= 15 is 0 Å². The van der Waals surface area contributed by atoms with Crippen molar-refractivity contribution in [3.05, 3.63) is 24.1 Å². The Labute approximate surface area is 68.8 Å². The first-order valence-electron chi connectivity index (χ1n) is 2.95. The number of primary amides is 2. The number of carbonyl (C=O) groups excluding carboxylic acids is 2. The number of nitrogens with one attached hydrogen (secondary N) is 1. The van der Waals surface area contributed by atoms with Crippen LogP contribution in [0.4, 0.5) is 4.79 Å². The minimum absolute atomic E-state index is 0.438. The van der Waals surface area contributed by atoms with E-state index in [0.29, 0.717) is 12.0 Å². The molecular formula is C6H9N3O3. The second kappa shape index (κ2) is 5.78. The second-order valence-electron chi connectivity index (χ2n) is 1.69. The molecule has 1 aliphatic heterocycles. The van der Waals surface area contributed by atoms with Crippen LogP contribution in [0, 0.1) is 0 Å². The van der Waals surface area contributed by atoms with Gasteiger partial charge in [0, 0.05) is 0 Å². The predicted octanol–water partition coefficient (Wildman–Crippen LogP) is -0.859. The number of carbonyl (C=O) groups is 2. The lowest BCUT2D eigenvalue weighted by Crippen LogP contribution is -2.18. The van der Waals surface area contributed by atoms with Crippen LogP contribution in [0.15, 0.2) is 24.1 Å². The number of hydroxylamine groups is 1. The van der Waals surface area contributed by atoms with E-state index in [1.807, 2.05) is 0 Å². The fraction of sp³-hybridized carbons (Fsp3) is 0. The highest BCUT2D eigenvalue weighted by Gasteiger charge is 1.92. The highest BCUT2D eigenvalue weighted by atomic mass is 16.6. The van der Waals surface area contributed by atoms with Gasteiger partial charge in [0.1, 0.15) is 12.0 Å². The molecule has 6 heteroatoms. The molecule has 5 N–H and O–H groups in total. The summed E-state index contributed by atoms with van der Waals surface area (Å²) >= 11 is 0. The molecule has 0 saturated heterocycles. The molecule has 0 bridgehead atoms. The molecule has 0 unspecified atom stereocenters. The lowest BCUT2D eigenvalue weighted by atomic mass is 10.4. The van der Waals surface area contributed by atoms with Crippen LogP contribution in [0.3, 0.4) is 0 Å². The Hall–Kier alpha value is -1.98. The molecule has 0 aliphatic carbocycles. The van der Waals surface area contributed by atoms with E-state index in [4.69, 9.17) is 4.79 Å². The van der Waals surface area contributed by atoms with Crippen LogP contribution in [-0.2, 0) is 9.63 Å². The van der Waals surface area contributed by atoms with Gasteiger partial charge in [-0.2, -0.15) is 0 Å². The smallest absolute Gasteiger partial charge is 0.309 e. The van der Waals surface area contributed by atoms with Crippen LogP contribution >= 0.6 is 0 Å². The minimum atomic E-state index is -0.833. The summed E-state index contributed by atoms with van der Waals surface area (Å²) in [7, 11) is 0. The molecule has 0 saturated carbocycles. The maximum absolute atomic E-state index is 9.92. The summed E-state index contributed by atoms with van der Waals surface area (Å²) in [6, 6.07) is -0.833.